The van der Waals surface area contributed by atoms with Crippen LogP contribution in [0.1, 0.15) is 22.7 Å². The number of benzene rings is 3. The van der Waals surface area contributed by atoms with E-state index in [0.717, 1.165) is 5.56 Å². The Balaban J connectivity index is 1.74. The Kier molecular flexibility index (Phi) is 6.63. The number of amides is 1. The van der Waals surface area contributed by atoms with E-state index < -0.39 is 23.5 Å². The SMILES string of the molecule is COc1ccc(CCN2C(=O)C(=O)/C(=C(/O)c3ccccc3)C2c2cccc(F)c2)cc1OC. The lowest BCUT2D eigenvalue weighted by Crippen LogP contribution is -2.31. The van der Waals surface area contributed by atoms with E-state index >= 15 is 0 Å². The van der Waals surface area contributed by atoms with Gasteiger partial charge in [-0.25, -0.2) is 4.39 Å². The number of carbonyl (C=O) groups excluding carboxylic acids is 2. The number of rotatable bonds is 7. The molecule has 4 rings (SSSR count). The van der Waals surface area contributed by atoms with Gasteiger partial charge in [-0.05, 0) is 41.8 Å². The van der Waals surface area contributed by atoms with E-state index in [-0.39, 0.29) is 17.9 Å². The number of likely N-dealkylation sites (tertiary alicyclic amines) is 1. The first kappa shape index (κ1) is 23.0. The fraction of sp³-hybridized carbons (Fsp3) is 0.185. The predicted octanol–water partition coefficient (Wildman–Crippen LogP) is 4.51. The lowest BCUT2D eigenvalue weighted by atomic mass is 9.95. The second-order valence-electron chi connectivity index (χ2n) is 7.85. The largest absolute Gasteiger partial charge is 0.507 e. The van der Waals surface area contributed by atoms with Crippen LogP contribution in [-0.4, -0.2) is 42.5 Å². The molecular weight excluding hydrogens is 437 g/mol. The first-order valence-electron chi connectivity index (χ1n) is 10.7. The van der Waals surface area contributed by atoms with Gasteiger partial charge in [-0.15, -0.1) is 0 Å². The number of nitrogens with zero attached hydrogens (tertiary/aromatic N) is 1. The fourth-order valence-electron chi connectivity index (χ4n) is 4.17. The van der Waals surface area contributed by atoms with E-state index in [1.54, 1.807) is 55.6 Å². The van der Waals surface area contributed by atoms with E-state index in [9.17, 15) is 19.1 Å². The zero-order chi connectivity index (χ0) is 24.2. The minimum atomic E-state index is -0.920. The minimum absolute atomic E-state index is 0.0610. The van der Waals surface area contributed by atoms with Gasteiger partial charge in [0.05, 0.1) is 25.8 Å². The highest BCUT2D eigenvalue weighted by Crippen LogP contribution is 2.39. The Morgan fingerprint density at radius 2 is 1.68 bits per heavy atom. The van der Waals surface area contributed by atoms with Crippen LogP contribution in [0.4, 0.5) is 4.39 Å². The normalized spacial score (nSPS) is 17.1. The number of methoxy groups -OCH3 is 2. The van der Waals surface area contributed by atoms with E-state index in [2.05, 4.69) is 0 Å². The van der Waals surface area contributed by atoms with Crippen molar-refractivity contribution < 1.29 is 28.6 Å². The number of Topliss-reactive ketones (excluding diaryl/α,β-unsaturated/α-hetero) is 1. The number of hydrogen-bond donors (Lipinski definition) is 1. The van der Waals surface area contributed by atoms with Gasteiger partial charge in [0, 0.05) is 12.1 Å². The van der Waals surface area contributed by atoms with Crippen LogP contribution in [-0.2, 0) is 16.0 Å². The van der Waals surface area contributed by atoms with Crippen LogP contribution in [0.2, 0.25) is 0 Å². The molecule has 1 heterocycles. The Labute approximate surface area is 196 Å². The third-order valence-electron chi connectivity index (χ3n) is 5.84. The Morgan fingerprint density at radius 3 is 2.35 bits per heavy atom. The van der Waals surface area contributed by atoms with Crippen LogP contribution in [0.25, 0.3) is 5.76 Å². The summed E-state index contributed by atoms with van der Waals surface area (Å²) >= 11 is 0. The number of halogens is 1. The number of hydrogen-bond acceptors (Lipinski definition) is 5. The smallest absolute Gasteiger partial charge is 0.295 e. The van der Waals surface area contributed by atoms with Crippen molar-refractivity contribution in [3.63, 3.8) is 0 Å². The molecule has 0 spiro atoms. The quantitative estimate of drug-likeness (QED) is 0.318. The Bertz CT molecular complexity index is 1250. The number of ketones is 1. The van der Waals surface area contributed by atoms with Crippen molar-refractivity contribution in [2.24, 2.45) is 0 Å². The molecule has 1 fully saturated rings. The van der Waals surface area contributed by atoms with Crippen LogP contribution in [0, 0.1) is 5.82 Å². The van der Waals surface area contributed by atoms with Gasteiger partial charge in [-0.1, -0.05) is 48.5 Å². The molecule has 1 amide bonds. The number of carbonyl (C=O) groups is 2. The molecule has 0 radical (unpaired) electrons. The molecule has 6 nitrogen and oxygen atoms in total. The van der Waals surface area contributed by atoms with E-state index in [0.29, 0.717) is 29.0 Å². The standard InChI is InChI=1S/C27H24FNO5/c1-33-21-12-11-17(15-22(21)34-2)13-14-29-24(19-9-6-10-20(28)16-19)23(26(31)27(29)32)25(30)18-7-4-3-5-8-18/h3-12,15-16,24,30H,13-14H2,1-2H3/b25-23+. The Morgan fingerprint density at radius 1 is 0.941 bits per heavy atom. The van der Waals surface area contributed by atoms with Crippen LogP contribution in [0.3, 0.4) is 0 Å². The second-order valence-corrected chi connectivity index (χ2v) is 7.85. The Hall–Kier alpha value is -4.13. The molecule has 1 aliphatic heterocycles. The van der Waals surface area contributed by atoms with Gasteiger partial charge in [-0.3, -0.25) is 9.59 Å². The summed E-state index contributed by atoms with van der Waals surface area (Å²) in [6.45, 7) is 0.173. The first-order chi connectivity index (χ1) is 16.4. The third kappa shape index (κ3) is 4.37. The molecular formula is C27H24FNO5. The molecule has 0 saturated carbocycles. The summed E-state index contributed by atoms with van der Waals surface area (Å²) in [7, 11) is 3.08. The van der Waals surface area contributed by atoms with Gasteiger partial charge in [0.25, 0.3) is 11.7 Å². The number of ether oxygens (including phenoxy) is 2. The fourth-order valence-corrected chi connectivity index (χ4v) is 4.17. The van der Waals surface area contributed by atoms with Crippen LogP contribution in [0.15, 0.2) is 78.4 Å². The molecule has 1 atom stereocenters. The summed E-state index contributed by atoms with van der Waals surface area (Å²) in [4.78, 5) is 27.5. The molecule has 1 saturated heterocycles. The van der Waals surface area contributed by atoms with Crippen molar-refractivity contribution in [3.05, 3.63) is 101 Å². The highest BCUT2D eigenvalue weighted by atomic mass is 19.1. The van der Waals surface area contributed by atoms with E-state index in [1.165, 1.54) is 30.2 Å². The van der Waals surface area contributed by atoms with Crippen LogP contribution >= 0.6 is 0 Å². The van der Waals surface area contributed by atoms with Gasteiger partial charge >= 0.3 is 0 Å². The minimum Gasteiger partial charge on any atom is -0.507 e. The molecule has 3 aromatic rings. The highest BCUT2D eigenvalue weighted by molar-refractivity contribution is 6.46. The summed E-state index contributed by atoms with van der Waals surface area (Å²) in [5.74, 6) is -1.21. The summed E-state index contributed by atoms with van der Waals surface area (Å²) in [5.41, 5.74) is 1.61. The zero-order valence-electron chi connectivity index (χ0n) is 18.8. The second kappa shape index (κ2) is 9.79. The van der Waals surface area contributed by atoms with E-state index in [1.807, 2.05) is 6.07 Å². The molecule has 34 heavy (non-hydrogen) atoms. The molecule has 7 heteroatoms. The predicted molar refractivity (Wildman–Crippen MR) is 125 cm³/mol. The molecule has 1 aliphatic rings. The highest BCUT2D eigenvalue weighted by Gasteiger charge is 2.45. The summed E-state index contributed by atoms with van der Waals surface area (Å²) < 4.78 is 24.7. The van der Waals surface area contributed by atoms with Gasteiger partial charge in [0.1, 0.15) is 11.6 Å². The average Bonchev–Trinajstić information content (AvgIpc) is 3.12. The van der Waals surface area contributed by atoms with Gasteiger partial charge in [0.15, 0.2) is 11.5 Å². The number of aliphatic hydroxyl groups excluding tert-OH is 1. The van der Waals surface area contributed by atoms with Crippen molar-refractivity contribution in [2.75, 3.05) is 20.8 Å². The average molecular weight is 461 g/mol. The van der Waals surface area contributed by atoms with Crippen molar-refractivity contribution in [1.29, 1.82) is 0 Å². The van der Waals surface area contributed by atoms with Gasteiger partial charge in [0.2, 0.25) is 0 Å². The molecule has 1 unspecified atom stereocenters. The molecule has 0 aliphatic carbocycles. The molecule has 174 valence electrons. The third-order valence-corrected chi connectivity index (χ3v) is 5.84. The van der Waals surface area contributed by atoms with Crippen LogP contribution < -0.4 is 9.47 Å². The van der Waals surface area contributed by atoms with Crippen LogP contribution in [0.5, 0.6) is 11.5 Å². The first-order valence-corrected chi connectivity index (χ1v) is 10.7. The molecule has 0 aromatic heterocycles. The van der Waals surface area contributed by atoms with E-state index in [4.69, 9.17) is 9.47 Å². The van der Waals surface area contributed by atoms with Crippen molar-refractivity contribution >= 4 is 17.4 Å². The monoisotopic (exact) mass is 461 g/mol. The molecule has 3 aromatic carbocycles. The summed E-state index contributed by atoms with van der Waals surface area (Å²) in [5, 5.41) is 11.0. The molecule has 1 N–H and O–H groups in total. The maximum atomic E-state index is 14.1. The van der Waals surface area contributed by atoms with Crippen molar-refractivity contribution in [2.45, 2.75) is 12.5 Å². The van der Waals surface area contributed by atoms with Crippen molar-refractivity contribution in [3.8, 4) is 11.5 Å². The lowest BCUT2D eigenvalue weighted by Gasteiger charge is -2.25. The lowest BCUT2D eigenvalue weighted by molar-refractivity contribution is -0.139. The summed E-state index contributed by atoms with van der Waals surface area (Å²) in [6.07, 6.45) is 0.407. The topological polar surface area (TPSA) is 76.1 Å². The van der Waals surface area contributed by atoms with Crippen molar-refractivity contribution in [1.82, 2.24) is 4.90 Å². The summed E-state index contributed by atoms with van der Waals surface area (Å²) in [6, 6.07) is 18.7. The van der Waals surface area contributed by atoms with Gasteiger partial charge < -0.3 is 19.5 Å². The zero-order valence-corrected chi connectivity index (χ0v) is 18.8. The maximum Gasteiger partial charge on any atom is 0.295 e. The van der Waals surface area contributed by atoms with Gasteiger partial charge in [-0.2, -0.15) is 0 Å². The number of aliphatic hydroxyl groups is 1. The maximum absolute atomic E-state index is 14.1. The molecule has 0 bridgehead atoms.